The molecule has 0 atom stereocenters. The molecular weight excluding hydrogens is 215 g/mol. The van der Waals surface area contributed by atoms with Gasteiger partial charge in [0.2, 0.25) is 0 Å². The van der Waals surface area contributed by atoms with E-state index in [1.54, 1.807) is 12.1 Å². The van der Waals surface area contributed by atoms with E-state index in [2.05, 4.69) is 0 Å². The normalized spacial score (nSPS) is 13.3. The van der Waals surface area contributed by atoms with Crippen LogP contribution in [0.4, 0.5) is 4.39 Å². The van der Waals surface area contributed by atoms with Gasteiger partial charge in [0.1, 0.15) is 11.6 Å². The van der Waals surface area contributed by atoms with Crippen molar-refractivity contribution in [1.82, 2.24) is 0 Å². The van der Waals surface area contributed by atoms with E-state index in [1.807, 2.05) is 31.2 Å². The molecule has 0 aliphatic carbocycles. The van der Waals surface area contributed by atoms with Crippen LogP contribution in [0.25, 0.3) is 11.1 Å². The van der Waals surface area contributed by atoms with Crippen molar-refractivity contribution in [3.8, 4) is 16.9 Å². The molecule has 0 N–H and O–H groups in total. The quantitative estimate of drug-likeness (QED) is 0.722. The molecule has 0 aromatic heterocycles. The molecule has 0 bridgehead atoms. The van der Waals surface area contributed by atoms with Gasteiger partial charge in [0.15, 0.2) is 0 Å². The molecule has 0 spiro atoms. The number of rotatable bonds is 1. The van der Waals surface area contributed by atoms with Gasteiger partial charge >= 0.3 is 0 Å². The monoisotopic (exact) mass is 228 g/mol. The van der Waals surface area contributed by atoms with Gasteiger partial charge < -0.3 is 4.74 Å². The maximum atomic E-state index is 13.6. The Morgan fingerprint density at radius 2 is 1.94 bits per heavy atom. The summed E-state index contributed by atoms with van der Waals surface area (Å²) in [6, 6.07) is 11.1. The summed E-state index contributed by atoms with van der Waals surface area (Å²) in [6.07, 6.45) is 0.798. The average Bonchev–Trinajstić information content (AvgIpc) is 2.76. The van der Waals surface area contributed by atoms with Gasteiger partial charge in [-0.05, 0) is 30.2 Å². The van der Waals surface area contributed by atoms with Crippen LogP contribution >= 0.6 is 0 Å². The summed E-state index contributed by atoms with van der Waals surface area (Å²) in [5, 5.41) is 0. The third-order valence-electron chi connectivity index (χ3n) is 3.18. The van der Waals surface area contributed by atoms with Crippen LogP contribution in [-0.4, -0.2) is 6.61 Å². The lowest BCUT2D eigenvalue weighted by Gasteiger charge is -2.11. The Balaban J connectivity index is 2.25. The highest BCUT2D eigenvalue weighted by atomic mass is 19.1. The number of hydrogen-bond donors (Lipinski definition) is 0. The maximum Gasteiger partial charge on any atom is 0.130 e. The third-order valence-corrected chi connectivity index (χ3v) is 3.18. The first-order valence-corrected chi connectivity index (χ1v) is 5.77. The van der Waals surface area contributed by atoms with Gasteiger partial charge in [0, 0.05) is 17.5 Å². The van der Waals surface area contributed by atoms with Crippen molar-refractivity contribution in [2.24, 2.45) is 0 Å². The van der Waals surface area contributed by atoms with Crippen molar-refractivity contribution in [1.29, 1.82) is 0 Å². The molecule has 17 heavy (non-hydrogen) atoms. The lowest BCUT2D eigenvalue weighted by molar-refractivity contribution is 0.358. The number of benzene rings is 2. The molecule has 0 unspecified atom stereocenters. The Hall–Kier alpha value is -1.83. The molecule has 1 aliphatic heterocycles. The number of hydrogen-bond acceptors (Lipinski definition) is 1. The summed E-state index contributed by atoms with van der Waals surface area (Å²) in [7, 11) is 0. The van der Waals surface area contributed by atoms with Crippen molar-refractivity contribution in [2.75, 3.05) is 6.61 Å². The SMILES string of the molecule is Cc1ccccc1-c1cc(F)cc2c1OCC2. The van der Waals surface area contributed by atoms with Gasteiger partial charge in [-0.25, -0.2) is 4.39 Å². The van der Waals surface area contributed by atoms with Crippen molar-refractivity contribution in [2.45, 2.75) is 13.3 Å². The summed E-state index contributed by atoms with van der Waals surface area (Å²) >= 11 is 0. The van der Waals surface area contributed by atoms with Crippen LogP contribution in [0.3, 0.4) is 0 Å². The van der Waals surface area contributed by atoms with Crippen molar-refractivity contribution >= 4 is 0 Å². The van der Waals surface area contributed by atoms with Crippen LogP contribution in [-0.2, 0) is 6.42 Å². The zero-order valence-corrected chi connectivity index (χ0v) is 9.66. The van der Waals surface area contributed by atoms with Crippen LogP contribution in [0.2, 0.25) is 0 Å². The van der Waals surface area contributed by atoms with Crippen molar-refractivity contribution in [3.05, 3.63) is 53.3 Å². The van der Waals surface area contributed by atoms with Crippen LogP contribution in [0.1, 0.15) is 11.1 Å². The van der Waals surface area contributed by atoms with Gasteiger partial charge in [-0.1, -0.05) is 24.3 Å². The predicted octanol–water partition coefficient (Wildman–Crippen LogP) is 3.74. The molecule has 0 radical (unpaired) electrons. The molecule has 2 heteroatoms. The fourth-order valence-electron chi connectivity index (χ4n) is 2.34. The highest BCUT2D eigenvalue weighted by Crippen LogP contribution is 2.38. The van der Waals surface area contributed by atoms with Gasteiger partial charge in [-0.2, -0.15) is 0 Å². The Labute approximate surface area is 99.9 Å². The summed E-state index contributed by atoms with van der Waals surface area (Å²) < 4.78 is 19.2. The van der Waals surface area contributed by atoms with E-state index in [-0.39, 0.29) is 5.82 Å². The summed E-state index contributed by atoms with van der Waals surface area (Å²) in [5.74, 6) is 0.660. The van der Waals surface area contributed by atoms with Gasteiger partial charge in [-0.3, -0.25) is 0 Å². The molecule has 2 aromatic carbocycles. The summed E-state index contributed by atoms with van der Waals surface area (Å²) in [4.78, 5) is 0. The Morgan fingerprint density at radius 1 is 1.12 bits per heavy atom. The minimum absolute atomic E-state index is 0.187. The lowest BCUT2D eigenvalue weighted by Crippen LogP contribution is -1.91. The van der Waals surface area contributed by atoms with E-state index < -0.39 is 0 Å². The number of aryl methyl sites for hydroxylation is 1. The first-order valence-electron chi connectivity index (χ1n) is 5.77. The lowest BCUT2D eigenvalue weighted by atomic mass is 9.97. The van der Waals surface area contributed by atoms with E-state index in [0.717, 1.165) is 34.4 Å². The Bertz CT molecular complexity index is 575. The molecule has 0 amide bonds. The number of fused-ring (bicyclic) bond motifs is 1. The zero-order chi connectivity index (χ0) is 11.8. The first-order chi connectivity index (χ1) is 8.25. The first kappa shape index (κ1) is 10.3. The van der Waals surface area contributed by atoms with Crippen LogP contribution < -0.4 is 4.74 Å². The van der Waals surface area contributed by atoms with Crippen molar-refractivity contribution in [3.63, 3.8) is 0 Å². The molecule has 1 aliphatic rings. The Morgan fingerprint density at radius 3 is 2.76 bits per heavy atom. The fraction of sp³-hybridized carbons (Fsp3) is 0.200. The second-order valence-corrected chi connectivity index (χ2v) is 4.35. The van der Waals surface area contributed by atoms with Gasteiger partial charge in [0.25, 0.3) is 0 Å². The van der Waals surface area contributed by atoms with Crippen LogP contribution in [0.15, 0.2) is 36.4 Å². The molecular formula is C15H13FO. The van der Waals surface area contributed by atoms with E-state index in [9.17, 15) is 4.39 Å². The smallest absolute Gasteiger partial charge is 0.130 e. The molecule has 1 nitrogen and oxygen atoms in total. The Kier molecular flexibility index (Phi) is 2.36. The maximum absolute atomic E-state index is 13.6. The largest absolute Gasteiger partial charge is 0.492 e. The molecule has 3 rings (SSSR count). The fourth-order valence-corrected chi connectivity index (χ4v) is 2.34. The van der Waals surface area contributed by atoms with Gasteiger partial charge in [0.05, 0.1) is 6.61 Å². The predicted molar refractivity (Wildman–Crippen MR) is 65.8 cm³/mol. The summed E-state index contributed by atoms with van der Waals surface area (Å²) in [6.45, 7) is 2.68. The van der Waals surface area contributed by atoms with Gasteiger partial charge in [-0.15, -0.1) is 0 Å². The molecule has 0 saturated heterocycles. The van der Waals surface area contributed by atoms with E-state index in [0.29, 0.717) is 6.61 Å². The minimum Gasteiger partial charge on any atom is -0.492 e. The number of ether oxygens (including phenoxy) is 1. The topological polar surface area (TPSA) is 9.23 Å². The second kappa shape index (κ2) is 3.88. The van der Waals surface area contributed by atoms with Crippen LogP contribution in [0, 0.1) is 12.7 Å². The molecule has 86 valence electrons. The molecule has 0 saturated carbocycles. The standard InChI is InChI=1S/C15H13FO/c1-10-4-2-3-5-13(10)14-9-12(16)8-11-6-7-17-15(11)14/h2-5,8-9H,6-7H2,1H3. The van der Waals surface area contributed by atoms with Crippen LogP contribution in [0.5, 0.6) is 5.75 Å². The molecule has 2 aromatic rings. The van der Waals surface area contributed by atoms with E-state index in [4.69, 9.17) is 4.74 Å². The van der Waals surface area contributed by atoms with E-state index >= 15 is 0 Å². The highest BCUT2D eigenvalue weighted by Gasteiger charge is 2.19. The third kappa shape index (κ3) is 1.70. The van der Waals surface area contributed by atoms with Crippen molar-refractivity contribution < 1.29 is 9.13 Å². The second-order valence-electron chi connectivity index (χ2n) is 4.35. The molecule has 1 heterocycles. The minimum atomic E-state index is -0.187. The zero-order valence-electron chi connectivity index (χ0n) is 9.66. The highest BCUT2D eigenvalue weighted by molar-refractivity contribution is 5.75. The molecule has 0 fully saturated rings. The van der Waals surface area contributed by atoms with E-state index in [1.165, 1.54) is 0 Å². The number of halogens is 1. The summed E-state index contributed by atoms with van der Waals surface area (Å²) in [5.41, 5.74) is 4.03. The average molecular weight is 228 g/mol.